The zero-order valence-corrected chi connectivity index (χ0v) is 17.1. The highest BCUT2D eigenvalue weighted by molar-refractivity contribution is 5.93. The molecule has 0 spiro atoms. The zero-order valence-electron chi connectivity index (χ0n) is 17.1. The number of H-pyrrole nitrogens is 1. The lowest BCUT2D eigenvalue weighted by molar-refractivity contribution is -0.139. The average molecular weight is 423 g/mol. The quantitative estimate of drug-likeness (QED) is 0.701. The molecule has 1 aromatic carbocycles. The molecule has 0 radical (unpaired) electrons. The van der Waals surface area contributed by atoms with Crippen LogP contribution in [0.2, 0.25) is 0 Å². The van der Waals surface area contributed by atoms with Crippen LogP contribution in [0, 0.1) is 11.3 Å². The van der Waals surface area contributed by atoms with Gasteiger partial charge < -0.3 is 29.7 Å². The van der Waals surface area contributed by atoms with Crippen LogP contribution in [0.3, 0.4) is 0 Å². The molecule has 2 aliphatic heterocycles. The van der Waals surface area contributed by atoms with Gasteiger partial charge in [0.15, 0.2) is 11.5 Å². The van der Waals surface area contributed by atoms with Crippen LogP contribution in [-0.2, 0) is 14.3 Å². The summed E-state index contributed by atoms with van der Waals surface area (Å²) < 4.78 is 21.6. The lowest BCUT2D eigenvalue weighted by Crippen LogP contribution is -2.29. The van der Waals surface area contributed by atoms with Gasteiger partial charge in [0.05, 0.1) is 23.6 Å². The van der Waals surface area contributed by atoms with E-state index in [9.17, 15) is 14.9 Å². The van der Waals surface area contributed by atoms with Gasteiger partial charge in [-0.2, -0.15) is 5.26 Å². The van der Waals surface area contributed by atoms with Gasteiger partial charge in [-0.25, -0.2) is 4.79 Å². The number of nitrogens with two attached hydrogens (primary N) is 1. The number of pyridine rings is 1. The van der Waals surface area contributed by atoms with Gasteiger partial charge in [0.25, 0.3) is 5.56 Å². The third kappa shape index (κ3) is 3.46. The number of nitrogens with one attached hydrogen (secondary N) is 1. The van der Waals surface area contributed by atoms with E-state index >= 15 is 0 Å². The summed E-state index contributed by atoms with van der Waals surface area (Å²) in [5, 5.41) is 10.4. The number of rotatable bonds is 5. The van der Waals surface area contributed by atoms with E-state index in [1.165, 1.54) is 0 Å². The molecule has 0 amide bonds. The Kier molecular flexibility index (Phi) is 5.29. The molecule has 31 heavy (non-hydrogen) atoms. The number of aromatic amines is 1. The smallest absolute Gasteiger partial charge is 0.338 e. The maximum atomic E-state index is 13.1. The molecule has 4 rings (SSSR count). The number of nitriles is 1. The summed E-state index contributed by atoms with van der Waals surface area (Å²) in [6.45, 7) is 3.82. The third-order valence-corrected chi connectivity index (χ3v) is 5.15. The molecule has 0 aliphatic carbocycles. The van der Waals surface area contributed by atoms with Crippen LogP contribution in [0.5, 0.6) is 11.5 Å². The average Bonchev–Trinajstić information content (AvgIpc) is 3.19. The maximum absolute atomic E-state index is 13.1. The second kappa shape index (κ2) is 8.07. The molecule has 0 saturated carbocycles. The van der Waals surface area contributed by atoms with Crippen molar-refractivity contribution in [1.82, 2.24) is 4.98 Å². The van der Waals surface area contributed by atoms with E-state index in [1.54, 1.807) is 25.1 Å². The van der Waals surface area contributed by atoms with E-state index in [4.69, 9.17) is 24.7 Å². The second-order valence-corrected chi connectivity index (χ2v) is 7.08. The van der Waals surface area contributed by atoms with Crippen LogP contribution in [0.4, 0.5) is 0 Å². The van der Waals surface area contributed by atoms with Crippen molar-refractivity contribution in [2.75, 3.05) is 13.4 Å². The van der Waals surface area contributed by atoms with Gasteiger partial charge in [0.1, 0.15) is 17.4 Å². The largest absolute Gasteiger partial charge is 0.463 e. The number of nitrogens with zero attached hydrogens (tertiary/aromatic N) is 1. The summed E-state index contributed by atoms with van der Waals surface area (Å²) in [5.41, 5.74) is 6.36. The van der Waals surface area contributed by atoms with Crippen LogP contribution in [0.15, 0.2) is 45.8 Å². The number of allylic oxidation sites excluding steroid dienone is 2. The highest BCUT2D eigenvalue weighted by Crippen LogP contribution is 2.41. The predicted octanol–water partition coefficient (Wildman–Crippen LogP) is 2.68. The van der Waals surface area contributed by atoms with Crippen LogP contribution in [0.1, 0.15) is 38.2 Å². The van der Waals surface area contributed by atoms with Gasteiger partial charge in [0, 0.05) is 23.4 Å². The number of fused-ring (bicyclic) bond motifs is 2. The van der Waals surface area contributed by atoms with Crippen molar-refractivity contribution >= 4 is 16.9 Å². The third-order valence-electron chi connectivity index (χ3n) is 5.15. The highest BCUT2D eigenvalue weighted by Gasteiger charge is 2.38. The normalized spacial score (nSPS) is 17.5. The fourth-order valence-corrected chi connectivity index (χ4v) is 3.80. The van der Waals surface area contributed by atoms with Crippen molar-refractivity contribution in [3.8, 4) is 17.6 Å². The van der Waals surface area contributed by atoms with Gasteiger partial charge in [0.2, 0.25) is 12.7 Å². The number of benzene rings is 1. The van der Waals surface area contributed by atoms with Crippen molar-refractivity contribution in [3.63, 3.8) is 0 Å². The number of hydrogen-bond acceptors (Lipinski definition) is 8. The van der Waals surface area contributed by atoms with E-state index in [0.717, 1.165) is 0 Å². The number of ether oxygens (including phenoxy) is 4. The van der Waals surface area contributed by atoms with Crippen LogP contribution in [0.25, 0.3) is 10.9 Å². The zero-order chi connectivity index (χ0) is 22.1. The topological polar surface area (TPSA) is 137 Å². The Morgan fingerprint density at radius 1 is 1.29 bits per heavy atom. The first-order chi connectivity index (χ1) is 15.0. The van der Waals surface area contributed by atoms with Crippen LogP contribution < -0.4 is 20.8 Å². The number of carbonyl (C=O) groups excluding carboxylic acids is 1. The molecule has 2 aromatic rings. The SMILES string of the molecule is CCCC1=C(C(=O)OCC)C(c2cc3cc4c(cc3[nH]c2=O)OCO4)C(C#N)=C(N)O1. The first-order valence-corrected chi connectivity index (χ1v) is 9.92. The Morgan fingerprint density at radius 2 is 2.03 bits per heavy atom. The molecule has 1 unspecified atom stereocenters. The fraction of sp³-hybridized carbons (Fsp3) is 0.318. The Hall–Kier alpha value is -3.93. The predicted molar refractivity (Wildman–Crippen MR) is 110 cm³/mol. The van der Waals surface area contributed by atoms with Gasteiger partial charge in [-0.1, -0.05) is 6.92 Å². The van der Waals surface area contributed by atoms with Gasteiger partial charge in [-0.3, -0.25) is 4.79 Å². The number of esters is 1. The number of carbonyl (C=O) groups is 1. The Morgan fingerprint density at radius 3 is 2.71 bits per heavy atom. The molecule has 2 aliphatic rings. The molecule has 1 aromatic heterocycles. The van der Waals surface area contributed by atoms with Crippen LogP contribution >= 0.6 is 0 Å². The highest BCUT2D eigenvalue weighted by atomic mass is 16.7. The molecular weight excluding hydrogens is 402 g/mol. The van der Waals surface area contributed by atoms with E-state index < -0.39 is 17.4 Å². The first kappa shape index (κ1) is 20.3. The number of aromatic nitrogens is 1. The fourth-order valence-electron chi connectivity index (χ4n) is 3.80. The van der Waals surface area contributed by atoms with Crippen molar-refractivity contribution in [1.29, 1.82) is 5.26 Å². The van der Waals surface area contributed by atoms with Crippen molar-refractivity contribution in [2.45, 2.75) is 32.6 Å². The molecule has 3 heterocycles. The van der Waals surface area contributed by atoms with Crippen LogP contribution in [-0.4, -0.2) is 24.4 Å². The summed E-state index contributed by atoms with van der Waals surface area (Å²) in [5.74, 6) is -0.428. The molecule has 1 atom stereocenters. The Labute approximate surface area is 177 Å². The molecule has 0 saturated heterocycles. The molecule has 9 nitrogen and oxygen atoms in total. The molecule has 9 heteroatoms. The Bertz CT molecular complexity index is 1230. The minimum absolute atomic E-state index is 0.0199. The molecule has 0 bridgehead atoms. The van der Waals surface area contributed by atoms with Gasteiger partial charge in [-0.05, 0) is 25.5 Å². The molecule has 160 valence electrons. The summed E-state index contributed by atoms with van der Waals surface area (Å²) in [7, 11) is 0. The summed E-state index contributed by atoms with van der Waals surface area (Å²) in [6, 6.07) is 7.03. The van der Waals surface area contributed by atoms with E-state index in [1.807, 2.05) is 13.0 Å². The standard InChI is InChI=1S/C22H21N3O6/c1-3-5-15-19(22(27)28-4-2)18(13(9-23)20(24)31-15)12-6-11-7-16-17(30-10-29-16)8-14(11)25-21(12)26/h6-8,18H,3-5,10,24H2,1-2H3,(H,25,26). The summed E-state index contributed by atoms with van der Waals surface area (Å²) in [6.07, 6.45) is 1.06. The molecular formula is C22H21N3O6. The lowest BCUT2D eigenvalue weighted by Gasteiger charge is -2.27. The maximum Gasteiger partial charge on any atom is 0.338 e. The van der Waals surface area contributed by atoms with Crippen molar-refractivity contribution in [2.24, 2.45) is 5.73 Å². The first-order valence-electron chi connectivity index (χ1n) is 9.92. The summed E-state index contributed by atoms with van der Waals surface area (Å²) >= 11 is 0. The van der Waals surface area contributed by atoms with E-state index in [-0.39, 0.29) is 36.0 Å². The lowest BCUT2D eigenvalue weighted by atomic mass is 9.82. The van der Waals surface area contributed by atoms with E-state index in [0.29, 0.717) is 41.0 Å². The minimum atomic E-state index is -1.02. The van der Waals surface area contributed by atoms with Crippen molar-refractivity contribution < 1.29 is 23.7 Å². The molecule has 0 fully saturated rings. The molecule has 3 N–H and O–H groups in total. The monoisotopic (exact) mass is 423 g/mol. The van der Waals surface area contributed by atoms with E-state index in [2.05, 4.69) is 4.98 Å². The summed E-state index contributed by atoms with van der Waals surface area (Å²) in [4.78, 5) is 28.8. The van der Waals surface area contributed by atoms with Gasteiger partial charge in [-0.15, -0.1) is 0 Å². The Balaban J connectivity index is 1.96. The van der Waals surface area contributed by atoms with Crippen molar-refractivity contribution in [3.05, 3.63) is 56.9 Å². The van der Waals surface area contributed by atoms with Gasteiger partial charge >= 0.3 is 5.97 Å². The minimum Gasteiger partial charge on any atom is -0.463 e. The second-order valence-electron chi connectivity index (χ2n) is 7.08. The number of hydrogen-bond donors (Lipinski definition) is 2.